The molecule has 0 aliphatic heterocycles. The van der Waals surface area contributed by atoms with Gasteiger partial charge in [-0.15, -0.1) is 0 Å². The van der Waals surface area contributed by atoms with Crippen LogP contribution >= 0.6 is 35.1 Å². The molecule has 1 unspecified atom stereocenters. The first-order valence-electron chi connectivity index (χ1n) is 10.4. The van der Waals surface area contributed by atoms with E-state index in [1.807, 2.05) is 42.5 Å². The van der Waals surface area contributed by atoms with Crippen molar-refractivity contribution in [1.29, 1.82) is 0 Å². The highest BCUT2D eigenvalue weighted by Gasteiger charge is 2.13. The summed E-state index contributed by atoms with van der Waals surface area (Å²) >= 11 is 13.5. The molecule has 1 aromatic heterocycles. The lowest BCUT2D eigenvalue weighted by molar-refractivity contribution is -0.120. The molecular formula is C24H26Cl2N4OS. The van der Waals surface area contributed by atoms with Crippen LogP contribution in [0.4, 0.5) is 5.69 Å². The number of pyridine rings is 1. The number of nitrogens with one attached hydrogen (secondary N) is 3. The number of aromatic nitrogens is 1. The molecule has 0 fully saturated rings. The molecule has 3 rings (SSSR count). The fourth-order valence-corrected chi connectivity index (χ4v) is 4.15. The Bertz CT molecular complexity index is 976. The lowest BCUT2D eigenvalue weighted by Crippen LogP contribution is -2.41. The third-order valence-corrected chi connectivity index (χ3v) is 6.32. The molecule has 0 spiro atoms. The standard InChI is InChI=1S/C24H26Cl2N4OS/c25-22-7-6-19(15-23(22)26)17-32-29-16-24(31)30-21(14-18-4-2-1-3-5-18)10-13-28-20-8-11-27-12-9-20/h1-9,11-12,15,21,29H,10,13-14,16-17H2,(H,27,28)(H,30,31). The van der Waals surface area contributed by atoms with Crippen LogP contribution < -0.4 is 15.4 Å². The number of hydrogen-bond acceptors (Lipinski definition) is 5. The van der Waals surface area contributed by atoms with Gasteiger partial charge in [0.05, 0.1) is 16.6 Å². The van der Waals surface area contributed by atoms with Crippen LogP contribution in [0.3, 0.4) is 0 Å². The van der Waals surface area contributed by atoms with Crippen LogP contribution in [0.2, 0.25) is 10.0 Å². The lowest BCUT2D eigenvalue weighted by Gasteiger charge is -2.20. The van der Waals surface area contributed by atoms with Crippen LogP contribution in [-0.2, 0) is 17.0 Å². The molecule has 0 saturated carbocycles. The molecule has 0 aliphatic carbocycles. The Morgan fingerprint density at radius 1 is 0.969 bits per heavy atom. The molecule has 1 atom stereocenters. The van der Waals surface area contributed by atoms with E-state index in [1.54, 1.807) is 18.5 Å². The molecule has 0 bridgehead atoms. The summed E-state index contributed by atoms with van der Waals surface area (Å²) in [6, 6.07) is 19.6. The molecule has 168 valence electrons. The predicted molar refractivity (Wildman–Crippen MR) is 135 cm³/mol. The number of rotatable bonds is 12. The number of hydrogen-bond donors (Lipinski definition) is 3. The Labute approximate surface area is 203 Å². The summed E-state index contributed by atoms with van der Waals surface area (Å²) < 4.78 is 3.12. The third kappa shape index (κ3) is 8.71. The SMILES string of the molecule is O=C(CNSCc1ccc(Cl)c(Cl)c1)NC(CCNc1ccncc1)Cc1ccccc1. The first-order chi connectivity index (χ1) is 15.6. The molecule has 1 amide bonds. The second kappa shape index (κ2) is 13.3. The zero-order valence-electron chi connectivity index (χ0n) is 17.6. The molecule has 8 heteroatoms. The maximum absolute atomic E-state index is 12.5. The van der Waals surface area contributed by atoms with E-state index >= 15 is 0 Å². The topological polar surface area (TPSA) is 66.1 Å². The van der Waals surface area contributed by atoms with E-state index in [4.69, 9.17) is 23.2 Å². The minimum absolute atomic E-state index is 0.0288. The van der Waals surface area contributed by atoms with Gasteiger partial charge in [0.2, 0.25) is 5.91 Å². The van der Waals surface area contributed by atoms with Gasteiger partial charge in [0.1, 0.15) is 0 Å². The monoisotopic (exact) mass is 488 g/mol. The Balaban J connectivity index is 1.45. The van der Waals surface area contributed by atoms with Gasteiger partial charge in [-0.3, -0.25) is 14.5 Å². The Morgan fingerprint density at radius 3 is 2.50 bits per heavy atom. The van der Waals surface area contributed by atoms with Crippen molar-refractivity contribution in [3.8, 4) is 0 Å². The first-order valence-corrected chi connectivity index (χ1v) is 12.1. The Hall–Kier alpha value is -2.25. The van der Waals surface area contributed by atoms with Gasteiger partial charge < -0.3 is 10.6 Å². The number of nitrogens with zero attached hydrogens (tertiary/aromatic N) is 1. The summed E-state index contributed by atoms with van der Waals surface area (Å²) in [5.41, 5.74) is 3.26. The highest BCUT2D eigenvalue weighted by molar-refractivity contribution is 7.96. The van der Waals surface area contributed by atoms with E-state index in [2.05, 4.69) is 32.5 Å². The Kier molecular flexibility index (Phi) is 10.2. The van der Waals surface area contributed by atoms with Crippen molar-refractivity contribution in [3.05, 3.63) is 94.2 Å². The average molecular weight is 489 g/mol. The summed E-state index contributed by atoms with van der Waals surface area (Å²) in [4.78, 5) is 16.6. The van der Waals surface area contributed by atoms with E-state index in [0.717, 1.165) is 30.6 Å². The quantitative estimate of drug-likeness (QED) is 0.236. The summed E-state index contributed by atoms with van der Waals surface area (Å²) in [6.45, 7) is 0.982. The van der Waals surface area contributed by atoms with Crippen LogP contribution in [0.25, 0.3) is 0 Å². The predicted octanol–water partition coefficient (Wildman–Crippen LogP) is 5.36. The van der Waals surface area contributed by atoms with Crippen LogP contribution in [0.15, 0.2) is 73.1 Å². The van der Waals surface area contributed by atoms with Crippen molar-refractivity contribution in [1.82, 2.24) is 15.0 Å². The second-order valence-electron chi connectivity index (χ2n) is 7.26. The molecule has 32 heavy (non-hydrogen) atoms. The zero-order valence-corrected chi connectivity index (χ0v) is 19.9. The number of carbonyl (C=O) groups excluding carboxylic acids is 1. The first kappa shape index (κ1) is 24.4. The maximum atomic E-state index is 12.5. The molecule has 3 aromatic rings. The van der Waals surface area contributed by atoms with E-state index < -0.39 is 0 Å². The van der Waals surface area contributed by atoms with Gasteiger partial charge in [-0.25, -0.2) is 0 Å². The largest absolute Gasteiger partial charge is 0.385 e. The number of benzene rings is 2. The number of amides is 1. The summed E-state index contributed by atoms with van der Waals surface area (Å²) in [5, 5.41) is 7.61. The molecule has 3 N–H and O–H groups in total. The molecular weight excluding hydrogens is 463 g/mol. The maximum Gasteiger partial charge on any atom is 0.235 e. The van der Waals surface area contributed by atoms with E-state index in [0.29, 0.717) is 15.8 Å². The second-order valence-corrected chi connectivity index (χ2v) is 8.94. The van der Waals surface area contributed by atoms with E-state index in [-0.39, 0.29) is 18.5 Å². The van der Waals surface area contributed by atoms with Crippen molar-refractivity contribution in [2.45, 2.75) is 24.6 Å². The van der Waals surface area contributed by atoms with Crippen LogP contribution in [0.1, 0.15) is 17.5 Å². The van der Waals surface area contributed by atoms with Gasteiger partial charge in [0.25, 0.3) is 0 Å². The molecule has 0 radical (unpaired) electrons. The summed E-state index contributed by atoms with van der Waals surface area (Å²) in [5.74, 6) is 0.657. The molecule has 1 heterocycles. The molecule has 5 nitrogen and oxygen atoms in total. The highest BCUT2D eigenvalue weighted by Crippen LogP contribution is 2.24. The van der Waals surface area contributed by atoms with Gasteiger partial charge in [0.15, 0.2) is 0 Å². The lowest BCUT2D eigenvalue weighted by atomic mass is 10.0. The van der Waals surface area contributed by atoms with Crippen LogP contribution in [0, 0.1) is 0 Å². The highest BCUT2D eigenvalue weighted by atomic mass is 35.5. The number of anilines is 1. The van der Waals surface area contributed by atoms with Crippen LogP contribution in [-0.4, -0.2) is 30.0 Å². The van der Waals surface area contributed by atoms with E-state index in [1.165, 1.54) is 17.5 Å². The van der Waals surface area contributed by atoms with Gasteiger partial charge in [0, 0.05) is 36.4 Å². The van der Waals surface area contributed by atoms with Crippen molar-refractivity contribution in [2.75, 3.05) is 18.4 Å². The molecule has 0 saturated heterocycles. The van der Waals surface area contributed by atoms with Gasteiger partial charge in [-0.1, -0.05) is 71.5 Å². The normalized spacial score (nSPS) is 11.7. The number of carbonyl (C=O) groups is 1. The average Bonchev–Trinajstić information content (AvgIpc) is 2.80. The zero-order chi connectivity index (χ0) is 22.6. The van der Waals surface area contributed by atoms with Crippen molar-refractivity contribution in [3.63, 3.8) is 0 Å². The van der Waals surface area contributed by atoms with Gasteiger partial charge >= 0.3 is 0 Å². The fraction of sp³-hybridized carbons (Fsp3) is 0.250. The smallest absolute Gasteiger partial charge is 0.235 e. The fourth-order valence-electron chi connectivity index (χ4n) is 3.14. The minimum Gasteiger partial charge on any atom is -0.385 e. The summed E-state index contributed by atoms with van der Waals surface area (Å²) in [7, 11) is 0. The van der Waals surface area contributed by atoms with Crippen molar-refractivity contribution >= 4 is 46.7 Å². The Morgan fingerprint density at radius 2 is 1.75 bits per heavy atom. The van der Waals surface area contributed by atoms with Crippen molar-refractivity contribution < 1.29 is 4.79 Å². The van der Waals surface area contributed by atoms with Crippen LogP contribution in [0.5, 0.6) is 0 Å². The van der Waals surface area contributed by atoms with Crippen molar-refractivity contribution in [2.24, 2.45) is 0 Å². The number of halogens is 2. The van der Waals surface area contributed by atoms with Gasteiger partial charge in [-0.05, 0) is 48.2 Å². The summed E-state index contributed by atoms with van der Waals surface area (Å²) in [6.07, 6.45) is 5.10. The molecule has 2 aromatic carbocycles. The minimum atomic E-state index is -0.0310. The van der Waals surface area contributed by atoms with E-state index in [9.17, 15) is 4.79 Å². The molecule has 0 aliphatic rings. The third-order valence-electron chi connectivity index (χ3n) is 4.75. The van der Waals surface area contributed by atoms with Gasteiger partial charge in [-0.2, -0.15) is 0 Å².